The molecule has 0 saturated heterocycles. The zero-order chi connectivity index (χ0) is 9.68. The van der Waals surface area contributed by atoms with E-state index in [-0.39, 0.29) is 5.92 Å². The maximum atomic E-state index is 8.75. The van der Waals surface area contributed by atoms with Gasteiger partial charge in [0, 0.05) is 5.33 Å². The highest BCUT2D eigenvalue weighted by Gasteiger charge is 2.09. The van der Waals surface area contributed by atoms with Crippen LogP contribution < -0.4 is 4.74 Å². The number of hydrogen-bond acceptors (Lipinski definition) is 3. The van der Waals surface area contributed by atoms with Gasteiger partial charge in [0.05, 0.1) is 31.0 Å². The Labute approximate surface area is 85.5 Å². The first-order chi connectivity index (χ1) is 6.31. The van der Waals surface area contributed by atoms with Gasteiger partial charge in [-0.25, -0.2) is 0 Å². The molecule has 0 aliphatic heterocycles. The Morgan fingerprint density at radius 2 is 2.46 bits per heavy atom. The topological polar surface area (TPSA) is 45.9 Å². The third-order valence-corrected chi connectivity index (χ3v) is 2.31. The second kappa shape index (κ2) is 4.83. The SMILES string of the molecule is COc1ccc(C(C#N)CBr)nc1. The molecule has 1 unspecified atom stereocenters. The molecule has 13 heavy (non-hydrogen) atoms. The van der Waals surface area contributed by atoms with Crippen LogP contribution in [-0.4, -0.2) is 17.4 Å². The van der Waals surface area contributed by atoms with Crippen LogP contribution in [0.1, 0.15) is 11.6 Å². The molecule has 68 valence electrons. The first kappa shape index (κ1) is 10.0. The first-order valence-corrected chi connectivity index (χ1v) is 4.89. The second-order valence-corrected chi connectivity index (χ2v) is 3.11. The van der Waals surface area contributed by atoms with E-state index in [1.54, 1.807) is 25.4 Å². The van der Waals surface area contributed by atoms with E-state index in [1.807, 2.05) is 0 Å². The molecule has 0 aliphatic rings. The van der Waals surface area contributed by atoms with E-state index in [1.165, 1.54) is 0 Å². The first-order valence-electron chi connectivity index (χ1n) is 3.77. The summed E-state index contributed by atoms with van der Waals surface area (Å²) < 4.78 is 4.96. The lowest BCUT2D eigenvalue weighted by atomic mass is 10.1. The monoisotopic (exact) mass is 240 g/mol. The summed E-state index contributed by atoms with van der Waals surface area (Å²) in [6.07, 6.45) is 1.61. The molecule has 0 saturated carbocycles. The quantitative estimate of drug-likeness (QED) is 0.761. The summed E-state index contributed by atoms with van der Waals surface area (Å²) in [5.74, 6) is 0.515. The number of aromatic nitrogens is 1. The lowest BCUT2D eigenvalue weighted by molar-refractivity contribution is 0.412. The molecule has 1 rings (SSSR count). The minimum absolute atomic E-state index is 0.189. The van der Waals surface area contributed by atoms with Crippen LogP contribution >= 0.6 is 15.9 Å². The largest absolute Gasteiger partial charge is 0.495 e. The van der Waals surface area contributed by atoms with Gasteiger partial charge in [0.15, 0.2) is 0 Å². The van der Waals surface area contributed by atoms with Crippen LogP contribution in [0.2, 0.25) is 0 Å². The summed E-state index contributed by atoms with van der Waals surface area (Å²) in [6.45, 7) is 0. The van der Waals surface area contributed by atoms with Gasteiger partial charge >= 0.3 is 0 Å². The maximum Gasteiger partial charge on any atom is 0.137 e. The number of methoxy groups -OCH3 is 1. The maximum absolute atomic E-state index is 8.75. The van der Waals surface area contributed by atoms with Gasteiger partial charge in [-0.05, 0) is 12.1 Å². The van der Waals surface area contributed by atoms with E-state index in [0.29, 0.717) is 11.1 Å². The lowest BCUT2D eigenvalue weighted by Gasteiger charge is -2.04. The summed E-state index contributed by atoms with van der Waals surface area (Å²) in [7, 11) is 1.59. The third kappa shape index (κ3) is 2.43. The van der Waals surface area contributed by atoms with Gasteiger partial charge in [0.2, 0.25) is 0 Å². The van der Waals surface area contributed by atoms with Crippen molar-refractivity contribution in [2.45, 2.75) is 5.92 Å². The summed E-state index contributed by atoms with van der Waals surface area (Å²) in [5.41, 5.74) is 0.764. The minimum atomic E-state index is -0.189. The summed E-state index contributed by atoms with van der Waals surface area (Å²) in [4.78, 5) is 4.11. The smallest absolute Gasteiger partial charge is 0.137 e. The van der Waals surface area contributed by atoms with Crippen LogP contribution in [0.25, 0.3) is 0 Å². The Kier molecular flexibility index (Phi) is 3.71. The highest BCUT2D eigenvalue weighted by molar-refractivity contribution is 9.09. The average molecular weight is 241 g/mol. The fraction of sp³-hybridized carbons (Fsp3) is 0.333. The molecule has 0 bridgehead atoms. The van der Waals surface area contributed by atoms with Crippen LogP contribution in [0.3, 0.4) is 0 Å². The molecule has 0 fully saturated rings. The molecular weight excluding hydrogens is 232 g/mol. The molecule has 4 heteroatoms. The van der Waals surface area contributed by atoms with Crippen LogP contribution in [-0.2, 0) is 0 Å². The number of hydrogen-bond donors (Lipinski definition) is 0. The van der Waals surface area contributed by atoms with Gasteiger partial charge in [-0.15, -0.1) is 0 Å². The van der Waals surface area contributed by atoms with Crippen molar-refractivity contribution in [2.75, 3.05) is 12.4 Å². The van der Waals surface area contributed by atoms with Crippen LogP contribution in [0.5, 0.6) is 5.75 Å². The second-order valence-electron chi connectivity index (χ2n) is 2.46. The van der Waals surface area contributed by atoms with Crippen molar-refractivity contribution in [3.63, 3.8) is 0 Å². The van der Waals surface area contributed by atoms with Crippen molar-refractivity contribution < 1.29 is 4.74 Å². The molecule has 3 nitrogen and oxygen atoms in total. The molecule has 0 radical (unpaired) electrons. The van der Waals surface area contributed by atoms with Crippen LogP contribution in [0, 0.1) is 11.3 Å². The number of nitrogens with zero attached hydrogens (tertiary/aromatic N) is 2. The average Bonchev–Trinajstić information content (AvgIpc) is 2.21. The van der Waals surface area contributed by atoms with Crippen molar-refractivity contribution in [1.29, 1.82) is 5.26 Å². The Hall–Kier alpha value is -1.08. The van der Waals surface area contributed by atoms with Gasteiger partial charge in [-0.1, -0.05) is 15.9 Å². The fourth-order valence-corrected chi connectivity index (χ4v) is 1.37. The number of ether oxygens (including phenoxy) is 1. The van der Waals surface area contributed by atoms with Crippen molar-refractivity contribution in [3.05, 3.63) is 24.0 Å². The van der Waals surface area contributed by atoms with E-state index in [9.17, 15) is 0 Å². The Morgan fingerprint density at radius 1 is 1.69 bits per heavy atom. The Balaban J connectivity index is 2.86. The highest BCUT2D eigenvalue weighted by Crippen LogP contribution is 2.17. The molecule has 0 spiro atoms. The predicted molar refractivity (Wildman–Crippen MR) is 52.9 cm³/mol. The normalized spacial score (nSPS) is 11.8. The number of nitriles is 1. The molecule has 1 aromatic rings. The molecule has 1 heterocycles. The lowest BCUT2D eigenvalue weighted by Crippen LogP contribution is -1.99. The Morgan fingerprint density at radius 3 is 2.85 bits per heavy atom. The number of rotatable bonds is 3. The summed E-state index contributed by atoms with van der Waals surface area (Å²) >= 11 is 3.25. The van der Waals surface area contributed by atoms with Gasteiger partial charge in [-0.2, -0.15) is 5.26 Å². The van der Waals surface area contributed by atoms with Crippen LogP contribution in [0.4, 0.5) is 0 Å². The number of halogens is 1. The molecule has 1 aromatic heterocycles. The summed E-state index contributed by atoms with van der Waals surface area (Å²) in [6, 6.07) is 5.76. The van der Waals surface area contributed by atoms with E-state index in [4.69, 9.17) is 10.00 Å². The van der Waals surface area contributed by atoms with E-state index < -0.39 is 0 Å². The van der Waals surface area contributed by atoms with Crippen molar-refractivity contribution in [3.8, 4) is 11.8 Å². The van der Waals surface area contributed by atoms with Gasteiger partial charge in [-0.3, -0.25) is 4.98 Å². The summed E-state index contributed by atoms with van der Waals surface area (Å²) in [5, 5.41) is 9.35. The van der Waals surface area contributed by atoms with E-state index in [2.05, 4.69) is 27.0 Å². The number of alkyl halides is 1. The zero-order valence-corrected chi connectivity index (χ0v) is 8.78. The molecule has 0 N–H and O–H groups in total. The van der Waals surface area contributed by atoms with Gasteiger partial charge in [0.1, 0.15) is 5.75 Å². The van der Waals surface area contributed by atoms with Crippen LogP contribution in [0.15, 0.2) is 18.3 Å². The standard InChI is InChI=1S/C9H9BrN2O/c1-13-8-2-3-9(12-6-8)7(4-10)5-11/h2-3,6-7H,4H2,1H3. The molecular formula is C9H9BrN2O. The van der Waals surface area contributed by atoms with Gasteiger partial charge < -0.3 is 4.74 Å². The highest BCUT2D eigenvalue weighted by atomic mass is 79.9. The van der Waals surface area contributed by atoms with Crippen molar-refractivity contribution in [1.82, 2.24) is 4.98 Å². The van der Waals surface area contributed by atoms with Crippen molar-refractivity contribution >= 4 is 15.9 Å². The molecule has 0 aliphatic carbocycles. The zero-order valence-electron chi connectivity index (χ0n) is 7.20. The molecule has 0 amide bonds. The Bertz CT molecular complexity index is 304. The molecule has 1 atom stereocenters. The fourth-order valence-electron chi connectivity index (χ4n) is 0.898. The van der Waals surface area contributed by atoms with E-state index >= 15 is 0 Å². The molecule has 0 aromatic carbocycles. The predicted octanol–water partition coefficient (Wildman–Crippen LogP) is 2.09. The van der Waals surface area contributed by atoms with E-state index in [0.717, 1.165) is 5.69 Å². The number of pyridine rings is 1. The van der Waals surface area contributed by atoms with Crippen molar-refractivity contribution in [2.24, 2.45) is 0 Å². The third-order valence-electron chi connectivity index (χ3n) is 1.66. The minimum Gasteiger partial charge on any atom is -0.495 e. The van der Waals surface area contributed by atoms with Gasteiger partial charge in [0.25, 0.3) is 0 Å².